The molecule has 0 aliphatic carbocycles. The number of morpholine rings is 1. The van der Waals surface area contributed by atoms with E-state index in [-0.39, 0.29) is 6.04 Å². The summed E-state index contributed by atoms with van der Waals surface area (Å²) in [7, 11) is 0. The Morgan fingerprint density at radius 1 is 0.955 bits per heavy atom. The predicted octanol–water partition coefficient (Wildman–Crippen LogP) is 2.61. The molecule has 0 unspecified atom stereocenters. The van der Waals surface area contributed by atoms with Crippen molar-refractivity contribution in [3.8, 4) is 0 Å². The molecule has 0 aromatic heterocycles. The summed E-state index contributed by atoms with van der Waals surface area (Å²) in [6.45, 7) is 4.90. The second kappa shape index (κ2) is 7.54. The molecule has 1 saturated heterocycles. The maximum Gasteiger partial charge on any atom is 0.0594 e. The quantitative estimate of drug-likeness (QED) is 0.922. The van der Waals surface area contributed by atoms with Crippen LogP contribution in [0.3, 0.4) is 0 Å². The van der Waals surface area contributed by atoms with Crippen LogP contribution in [0.1, 0.15) is 22.7 Å². The smallest absolute Gasteiger partial charge is 0.0594 e. The number of hydrogen-bond acceptors (Lipinski definition) is 3. The lowest BCUT2D eigenvalue weighted by Gasteiger charge is -2.26. The molecule has 0 bridgehead atoms. The number of nitrogens with two attached hydrogens (primary N) is 1. The number of rotatable bonds is 5. The Morgan fingerprint density at radius 2 is 1.68 bits per heavy atom. The van der Waals surface area contributed by atoms with Crippen molar-refractivity contribution >= 4 is 0 Å². The molecule has 3 rings (SSSR count). The Hall–Kier alpha value is -1.68. The first-order valence-corrected chi connectivity index (χ1v) is 8.02. The Balaban J connectivity index is 1.64. The lowest BCUT2D eigenvalue weighted by molar-refractivity contribution is 0.0384. The molecule has 0 radical (unpaired) electrons. The molecule has 1 aliphatic heterocycles. The molecular formula is C19H24N2O. The van der Waals surface area contributed by atoms with E-state index in [1.54, 1.807) is 0 Å². The fraction of sp³-hybridized carbons (Fsp3) is 0.368. The fourth-order valence-corrected chi connectivity index (χ4v) is 2.91. The van der Waals surface area contributed by atoms with E-state index in [4.69, 9.17) is 10.5 Å². The largest absolute Gasteiger partial charge is 0.379 e. The Kier molecular flexibility index (Phi) is 5.22. The molecule has 22 heavy (non-hydrogen) atoms. The van der Waals surface area contributed by atoms with Gasteiger partial charge in [0.25, 0.3) is 0 Å². The Labute approximate surface area is 132 Å². The average Bonchev–Trinajstić information content (AvgIpc) is 2.61. The van der Waals surface area contributed by atoms with Crippen molar-refractivity contribution in [3.05, 3.63) is 71.3 Å². The summed E-state index contributed by atoms with van der Waals surface area (Å²) in [5.41, 5.74) is 10.1. The van der Waals surface area contributed by atoms with Crippen LogP contribution < -0.4 is 5.73 Å². The molecule has 3 nitrogen and oxygen atoms in total. The van der Waals surface area contributed by atoms with E-state index in [1.807, 2.05) is 18.2 Å². The second-order valence-corrected chi connectivity index (χ2v) is 5.84. The van der Waals surface area contributed by atoms with Gasteiger partial charge in [0.05, 0.1) is 19.3 Å². The van der Waals surface area contributed by atoms with Crippen LogP contribution in [-0.2, 0) is 11.2 Å². The minimum Gasteiger partial charge on any atom is -0.379 e. The second-order valence-electron chi connectivity index (χ2n) is 5.84. The van der Waals surface area contributed by atoms with Gasteiger partial charge in [-0.15, -0.1) is 0 Å². The maximum atomic E-state index is 6.40. The SMILES string of the molecule is N[C@@H](c1ccccc1)c1cccc(CCN2CCOCC2)c1. The average molecular weight is 296 g/mol. The van der Waals surface area contributed by atoms with E-state index in [0.29, 0.717) is 0 Å². The van der Waals surface area contributed by atoms with E-state index in [1.165, 1.54) is 11.1 Å². The summed E-state index contributed by atoms with van der Waals surface area (Å²) in [5, 5.41) is 0. The van der Waals surface area contributed by atoms with Gasteiger partial charge in [0.2, 0.25) is 0 Å². The van der Waals surface area contributed by atoms with Crippen LogP contribution in [-0.4, -0.2) is 37.7 Å². The lowest BCUT2D eigenvalue weighted by Crippen LogP contribution is -2.37. The highest BCUT2D eigenvalue weighted by Crippen LogP contribution is 2.20. The monoisotopic (exact) mass is 296 g/mol. The van der Waals surface area contributed by atoms with Crippen LogP contribution in [0.25, 0.3) is 0 Å². The van der Waals surface area contributed by atoms with Crippen LogP contribution in [0, 0.1) is 0 Å². The van der Waals surface area contributed by atoms with Gasteiger partial charge in [0.1, 0.15) is 0 Å². The summed E-state index contributed by atoms with van der Waals surface area (Å²) in [6.07, 6.45) is 1.06. The van der Waals surface area contributed by atoms with Crippen LogP contribution >= 0.6 is 0 Å². The van der Waals surface area contributed by atoms with Crippen molar-refractivity contribution in [3.63, 3.8) is 0 Å². The molecule has 1 fully saturated rings. The number of nitrogens with zero attached hydrogens (tertiary/aromatic N) is 1. The van der Waals surface area contributed by atoms with Crippen LogP contribution in [0.5, 0.6) is 0 Å². The van der Waals surface area contributed by atoms with E-state index in [2.05, 4.69) is 41.3 Å². The van der Waals surface area contributed by atoms with Crippen molar-refractivity contribution < 1.29 is 4.74 Å². The summed E-state index contributed by atoms with van der Waals surface area (Å²) in [6, 6.07) is 18.9. The minimum absolute atomic E-state index is 0.0514. The van der Waals surface area contributed by atoms with E-state index in [9.17, 15) is 0 Å². The van der Waals surface area contributed by atoms with Crippen molar-refractivity contribution in [2.45, 2.75) is 12.5 Å². The van der Waals surface area contributed by atoms with Gasteiger partial charge in [-0.05, 0) is 23.1 Å². The van der Waals surface area contributed by atoms with Crippen LogP contribution in [0.15, 0.2) is 54.6 Å². The molecule has 116 valence electrons. The van der Waals surface area contributed by atoms with E-state index in [0.717, 1.165) is 44.8 Å². The van der Waals surface area contributed by atoms with Gasteiger partial charge in [-0.1, -0.05) is 54.6 Å². The Bertz CT molecular complexity index is 579. The van der Waals surface area contributed by atoms with Gasteiger partial charge < -0.3 is 10.5 Å². The van der Waals surface area contributed by atoms with Crippen molar-refractivity contribution in [1.82, 2.24) is 4.90 Å². The molecule has 1 atom stereocenters. The normalized spacial score (nSPS) is 17.3. The first-order chi connectivity index (χ1) is 10.8. The molecular weight excluding hydrogens is 272 g/mol. The standard InChI is InChI=1S/C19H24N2O/c20-19(17-6-2-1-3-7-17)18-8-4-5-16(15-18)9-10-21-11-13-22-14-12-21/h1-8,15,19H,9-14,20H2/t19-/m0/s1. The van der Waals surface area contributed by atoms with Crippen molar-refractivity contribution in [1.29, 1.82) is 0 Å². The molecule has 0 amide bonds. The molecule has 1 aliphatic rings. The topological polar surface area (TPSA) is 38.5 Å². The van der Waals surface area contributed by atoms with Crippen molar-refractivity contribution in [2.24, 2.45) is 5.73 Å². The summed E-state index contributed by atoms with van der Waals surface area (Å²) in [4.78, 5) is 2.47. The van der Waals surface area contributed by atoms with Gasteiger partial charge >= 0.3 is 0 Å². The van der Waals surface area contributed by atoms with Crippen LogP contribution in [0.4, 0.5) is 0 Å². The van der Waals surface area contributed by atoms with Crippen LogP contribution in [0.2, 0.25) is 0 Å². The molecule has 0 saturated carbocycles. The van der Waals surface area contributed by atoms with Crippen molar-refractivity contribution in [2.75, 3.05) is 32.8 Å². The highest BCUT2D eigenvalue weighted by Gasteiger charge is 2.11. The highest BCUT2D eigenvalue weighted by molar-refractivity contribution is 5.33. The zero-order chi connectivity index (χ0) is 15.2. The minimum atomic E-state index is -0.0514. The lowest BCUT2D eigenvalue weighted by atomic mass is 9.97. The highest BCUT2D eigenvalue weighted by atomic mass is 16.5. The predicted molar refractivity (Wildman–Crippen MR) is 89.9 cm³/mol. The zero-order valence-electron chi connectivity index (χ0n) is 12.9. The first-order valence-electron chi connectivity index (χ1n) is 8.02. The summed E-state index contributed by atoms with van der Waals surface area (Å²) in [5.74, 6) is 0. The third kappa shape index (κ3) is 3.95. The third-order valence-electron chi connectivity index (χ3n) is 4.29. The van der Waals surface area contributed by atoms with Gasteiger partial charge in [0, 0.05) is 19.6 Å². The first kappa shape index (κ1) is 15.2. The zero-order valence-corrected chi connectivity index (χ0v) is 12.9. The van der Waals surface area contributed by atoms with E-state index >= 15 is 0 Å². The summed E-state index contributed by atoms with van der Waals surface area (Å²) < 4.78 is 5.39. The van der Waals surface area contributed by atoms with E-state index < -0.39 is 0 Å². The molecule has 1 heterocycles. The molecule has 3 heteroatoms. The Morgan fingerprint density at radius 3 is 2.45 bits per heavy atom. The number of ether oxygens (including phenoxy) is 1. The molecule has 2 N–H and O–H groups in total. The van der Waals surface area contributed by atoms with Gasteiger partial charge in [0.15, 0.2) is 0 Å². The maximum absolute atomic E-state index is 6.40. The third-order valence-corrected chi connectivity index (χ3v) is 4.29. The number of benzene rings is 2. The molecule has 2 aromatic rings. The molecule has 2 aromatic carbocycles. The van der Waals surface area contributed by atoms with Gasteiger partial charge in [-0.2, -0.15) is 0 Å². The van der Waals surface area contributed by atoms with Gasteiger partial charge in [-0.3, -0.25) is 4.90 Å². The summed E-state index contributed by atoms with van der Waals surface area (Å²) >= 11 is 0. The fourth-order valence-electron chi connectivity index (χ4n) is 2.91. The molecule has 0 spiro atoms. The number of hydrogen-bond donors (Lipinski definition) is 1. The van der Waals surface area contributed by atoms with Gasteiger partial charge in [-0.25, -0.2) is 0 Å².